The maximum atomic E-state index is 11.1. The minimum atomic E-state index is -3.73. The van der Waals surface area contributed by atoms with Crippen LogP contribution in [0.15, 0.2) is 47.6 Å². The lowest BCUT2D eigenvalue weighted by Crippen LogP contribution is -2.45. The largest absolute Gasteiger partial charge is 0.339 e. The SMILES string of the molecule is NS(=O)(=O)c1cnc(N2CC(c3ccccc3)C2)nc1. The summed E-state index contributed by atoms with van der Waals surface area (Å²) in [5, 5.41) is 5.01. The molecule has 1 fully saturated rings. The zero-order valence-electron chi connectivity index (χ0n) is 10.7. The summed E-state index contributed by atoms with van der Waals surface area (Å²) >= 11 is 0. The van der Waals surface area contributed by atoms with Crippen molar-refractivity contribution < 1.29 is 8.42 Å². The van der Waals surface area contributed by atoms with Gasteiger partial charge in [-0.1, -0.05) is 30.3 Å². The third-order valence-corrected chi connectivity index (χ3v) is 4.25. The Kier molecular flexibility index (Phi) is 3.15. The molecule has 1 aromatic carbocycles. The first-order chi connectivity index (χ1) is 9.54. The normalized spacial score (nSPS) is 15.9. The second kappa shape index (κ2) is 4.84. The lowest BCUT2D eigenvalue weighted by atomic mass is 9.92. The average Bonchev–Trinajstić information content (AvgIpc) is 2.38. The van der Waals surface area contributed by atoms with Crippen LogP contribution in [0.1, 0.15) is 11.5 Å². The fourth-order valence-electron chi connectivity index (χ4n) is 2.20. The van der Waals surface area contributed by atoms with Crippen molar-refractivity contribution in [2.75, 3.05) is 18.0 Å². The van der Waals surface area contributed by atoms with Crippen LogP contribution in [-0.4, -0.2) is 31.5 Å². The van der Waals surface area contributed by atoms with Crippen LogP contribution in [0.5, 0.6) is 0 Å². The van der Waals surface area contributed by atoms with E-state index in [4.69, 9.17) is 5.14 Å². The highest BCUT2D eigenvalue weighted by molar-refractivity contribution is 7.89. The Balaban J connectivity index is 1.69. The van der Waals surface area contributed by atoms with Crippen molar-refractivity contribution in [2.45, 2.75) is 10.8 Å². The van der Waals surface area contributed by atoms with Crippen LogP contribution in [-0.2, 0) is 10.0 Å². The summed E-state index contributed by atoms with van der Waals surface area (Å²) in [5.41, 5.74) is 1.30. The lowest BCUT2D eigenvalue weighted by Gasteiger charge is -2.39. The van der Waals surface area contributed by atoms with Gasteiger partial charge in [-0.3, -0.25) is 0 Å². The molecule has 1 aromatic heterocycles. The van der Waals surface area contributed by atoms with E-state index in [0.29, 0.717) is 11.9 Å². The van der Waals surface area contributed by atoms with E-state index in [1.807, 2.05) is 23.1 Å². The van der Waals surface area contributed by atoms with Gasteiger partial charge in [0, 0.05) is 19.0 Å². The number of anilines is 1. The number of hydrogen-bond acceptors (Lipinski definition) is 5. The van der Waals surface area contributed by atoms with Crippen molar-refractivity contribution in [1.82, 2.24) is 9.97 Å². The maximum absolute atomic E-state index is 11.1. The van der Waals surface area contributed by atoms with E-state index in [2.05, 4.69) is 22.1 Å². The topological polar surface area (TPSA) is 89.2 Å². The van der Waals surface area contributed by atoms with Gasteiger partial charge in [-0.15, -0.1) is 0 Å². The molecule has 0 radical (unpaired) electrons. The molecular formula is C13H14N4O2S. The number of hydrogen-bond donors (Lipinski definition) is 1. The second-order valence-corrected chi connectivity index (χ2v) is 6.34. The second-order valence-electron chi connectivity index (χ2n) is 4.78. The minimum absolute atomic E-state index is 0.0682. The van der Waals surface area contributed by atoms with Crippen LogP contribution in [0.25, 0.3) is 0 Å². The predicted octanol–water partition coefficient (Wildman–Crippen LogP) is 0.728. The molecular weight excluding hydrogens is 276 g/mol. The average molecular weight is 290 g/mol. The van der Waals surface area contributed by atoms with E-state index in [-0.39, 0.29) is 4.90 Å². The first-order valence-corrected chi connectivity index (χ1v) is 7.73. The summed E-state index contributed by atoms with van der Waals surface area (Å²) in [6.45, 7) is 1.66. The van der Waals surface area contributed by atoms with Crippen LogP contribution in [0.3, 0.4) is 0 Å². The van der Waals surface area contributed by atoms with Crippen LogP contribution in [0, 0.1) is 0 Å². The van der Waals surface area contributed by atoms with Crippen molar-refractivity contribution >= 4 is 16.0 Å². The van der Waals surface area contributed by atoms with E-state index in [0.717, 1.165) is 13.1 Å². The lowest BCUT2D eigenvalue weighted by molar-refractivity contribution is 0.513. The fourth-order valence-corrected chi connectivity index (χ4v) is 2.60. The van der Waals surface area contributed by atoms with Gasteiger partial charge in [-0.25, -0.2) is 23.5 Å². The number of sulfonamides is 1. The van der Waals surface area contributed by atoms with Gasteiger partial charge in [-0.2, -0.15) is 0 Å². The summed E-state index contributed by atoms with van der Waals surface area (Å²) in [4.78, 5) is 10.0. The van der Waals surface area contributed by atoms with Gasteiger partial charge >= 0.3 is 0 Å². The molecule has 1 aliphatic rings. The predicted molar refractivity (Wildman–Crippen MR) is 74.8 cm³/mol. The highest BCUT2D eigenvalue weighted by Gasteiger charge is 2.29. The van der Waals surface area contributed by atoms with Crippen molar-refractivity contribution in [2.24, 2.45) is 5.14 Å². The molecule has 2 N–H and O–H groups in total. The molecule has 0 amide bonds. The summed E-state index contributed by atoms with van der Waals surface area (Å²) in [7, 11) is -3.73. The highest BCUT2D eigenvalue weighted by atomic mass is 32.2. The number of primary sulfonamides is 1. The van der Waals surface area contributed by atoms with Gasteiger partial charge in [-0.05, 0) is 5.56 Å². The van der Waals surface area contributed by atoms with Crippen molar-refractivity contribution in [3.63, 3.8) is 0 Å². The fraction of sp³-hybridized carbons (Fsp3) is 0.231. The Morgan fingerprint density at radius 1 is 1.10 bits per heavy atom. The first-order valence-electron chi connectivity index (χ1n) is 6.19. The van der Waals surface area contributed by atoms with E-state index in [1.165, 1.54) is 18.0 Å². The molecule has 6 nitrogen and oxygen atoms in total. The minimum Gasteiger partial charge on any atom is -0.339 e. The van der Waals surface area contributed by atoms with Gasteiger partial charge in [0.05, 0.1) is 12.4 Å². The van der Waals surface area contributed by atoms with E-state index in [1.54, 1.807) is 0 Å². The molecule has 1 aliphatic heterocycles. The number of rotatable bonds is 3. The van der Waals surface area contributed by atoms with Gasteiger partial charge in [0.25, 0.3) is 0 Å². The standard InChI is InChI=1S/C13H14N4O2S/c14-20(18,19)12-6-15-13(16-7-12)17-8-11(9-17)10-4-2-1-3-5-10/h1-7,11H,8-9H2,(H2,14,18,19). The molecule has 0 bridgehead atoms. The van der Waals surface area contributed by atoms with Crippen LogP contribution in [0.4, 0.5) is 5.95 Å². The molecule has 0 spiro atoms. The van der Waals surface area contributed by atoms with Gasteiger partial charge < -0.3 is 4.90 Å². The van der Waals surface area contributed by atoms with E-state index < -0.39 is 10.0 Å². The third-order valence-electron chi connectivity index (χ3n) is 3.38. The van der Waals surface area contributed by atoms with Crippen LogP contribution >= 0.6 is 0 Å². The monoisotopic (exact) mass is 290 g/mol. The smallest absolute Gasteiger partial charge is 0.241 e. The molecule has 0 atom stereocenters. The Hall–Kier alpha value is -1.99. The third kappa shape index (κ3) is 2.50. The molecule has 2 aromatic rings. The first kappa shape index (κ1) is 13.0. The maximum Gasteiger partial charge on any atom is 0.241 e. The van der Waals surface area contributed by atoms with Crippen molar-refractivity contribution in [1.29, 1.82) is 0 Å². The summed E-state index contributed by atoms with van der Waals surface area (Å²) in [5.74, 6) is 1.00. The number of nitrogens with two attached hydrogens (primary N) is 1. The summed E-state index contributed by atoms with van der Waals surface area (Å²) < 4.78 is 22.2. The van der Waals surface area contributed by atoms with E-state index in [9.17, 15) is 8.42 Å². The zero-order valence-corrected chi connectivity index (χ0v) is 11.5. The van der Waals surface area contributed by atoms with Gasteiger partial charge in [0.1, 0.15) is 4.90 Å². The van der Waals surface area contributed by atoms with E-state index >= 15 is 0 Å². The van der Waals surface area contributed by atoms with Crippen molar-refractivity contribution in [3.05, 3.63) is 48.3 Å². The molecule has 0 aliphatic carbocycles. The van der Waals surface area contributed by atoms with Gasteiger partial charge in [0.2, 0.25) is 16.0 Å². The summed E-state index contributed by atoms with van der Waals surface area (Å²) in [6, 6.07) is 10.2. The number of aromatic nitrogens is 2. The quantitative estimate of drug-likeness (QED) is 0.900. The molecule has 104 valence electrons. The van der Waals surface area contributed by atoms with Crippen molar-refractivity contribution in [3.8, 4) is 0 Å². The number of benzene rings is 1. The van der Waals surface area contributed by atoms with Crippen LogP contribution in [0.2, 0.25) is 0 Å². The molecule has 0 unspecified atom stereocenters. The molecule has 20 heavy (non-hydrogen) atoms. The molecule has 2 heterocycles. The summed E-state index contributed by atoms with van der Waals surface area (Å²) in [6.07, 6.45) is 2.49. The van der Waals surface area contributed by atoms with Crippen LogP contribution < -0.4 is 10.0 Å². The Labute approximate surface area is 117 Å². The molecule has 0 saturated carbocycles. The molecule has 3 rings (SSSR count). The highest BCUT2D eigenvalue weighted by Crippen LogP contribution is 2.29. The zero-order chi connectivity index (χ0) is 14.2. The molecule has 1 saturated heterocycles. The number of nitrogens with zero attached hydrogens (tertiary/aromatic N) is 3. The Bertz CT molecular complexity index is 695. The Morgan fingerprint density at radius 2 is 1.70 bits per heavy atom. The molecule has 7 heteroatoms. The Morgan fingerprint density at radius 3 is 2.25 bits per heavy atom. The van der Waals surface area contributed by atoms with Gasteiger partial charge in [0.15, 0.2) is 0 Å².